The van der Waals surface area contributed by atoms with Gasteiger partial charge in [-0.1, -0.05) is 38.1 Å². The number of hydrogen-bond donors (Lipinski definition) is 2. The number of rotatable bonds is 7. The van der Waals surface area contributed by atoms with Gasteiger partial charge < -0.3 is 15.2 Å². The predicted molar refractivity (Wildman–Crippen MR) is 96.3 cm³/mol. The standard InChI is InChI=1S/C20H25NO3/c1-4-15-9-10-17(5-2)19(12-15)21-20(23)14(3)24-18-8-6-7-16(11-18)13-22/h6-12,14,22H,4-5,13H2,1-3H3,(H,21,23). The molecule has 1 amide bonds. The third-order valence-electron chi connectivity index (χ3n) is 3.98. The summed E-state index contributed by atoms with van der Waals surface area (Å²) in [4.78, 5) is 12.5. The molecule has 1 unspecified atom stereocenters. The number of carbonyl (C=O) groups is 1. The first-order valence-corrected chi connectivity index (χ1v) is 8.36. The predicted octanol–water partition coefficient (Wildman–Crippen LogP) is 3.71. The van der Waals surface area contributed by atoms with E-state index in [4.69, 9.17) is 4.74 Å². The number of anilines is 1. The van der Waals surface area contributed by atoms with E-state index in [1.807, 2.05) is 6.07 Å². The maximum atomic E-state index is 12.5. The van der Waals surface area contributed by atoms with E-state index < -0.39 is 6.10 Å². The molecule has 0 aliphatic carbocycles. The zero-order valence-electron chi connectivity index (χ0n) is 14.5. The molecule has 0 fully saturated rings. The fraction of sp³-hybridized carbons (Fsp3) is 0.350. The van der Waals surface area contributed by atoms with Gasteiger partial charge in [-0.2, -0.15) is 0 Å². The fourth-order valence-electron chi connectivity index (χ4n) is 2.48. The maximum Gasteiger partial charge on any atom is 0.265 e. The lowest BCUT2D eigenvalue weighted by atomic mass is 10.1. The molecule has 1 atom stereocenters. The molecule has 2 rings (SSSR count). The number of hydrogen-bond acceptors (Lipinski definition) is 3. The third kappa shape index (κ3) is 4.59. The highest BCUT2D eigenvalue weighted by Gasteiger charge is 2.16. The average molecular weight is 327 g/mol. The van der Waals surface area contributed by atoms with Gasteiger partial charge in [0.05, 0.1) is 6.61 Å². The van der Waals surface area contributed by atoms with E-state index >= 15 is 0 Å². The SMILES string of the molecule is CCc1ccc(CC)c(NC(=O)C(C)Oc2cccc(CO)c2)c1. The zero-order chi connectivity index (χ0) is 17.5. The van der Waals surface area contributed by atoms with Gasteiger partial charge in [-0.15, -0.1) is 0 Å². The van der Waals surface area contributed by atoms with Crippen LogP contribution in [0, 0.1) is 0 Å². The molecule has 0 aliphatic heterocycles. The molecule has 0 radical (unpaired) electrons. The summed E-state index contributed by atoms with van der Waals surface area (Å²) >= 11 is 0. The fourth-order valence-corrected chi connectivity index (χ4v) is 2.48. The van der Waals surface area contributed by atoms with Crippen LogP contribution in [0.3, 0.4) is 0 Å². The number of aliphatic hydroxyl groups is 1. The first kappa shape index (κ1) is 18.0. The summed E-state index contributed by atoms with van der Waals surface area (Å²) in [6.45, 7) is 5.82. The van der Waals surface area contributed by atoms with Crippen molar-refractivity contribution in [3.63, 3.8) is 0 Å². The van der Waals surface area contributed by atoms with Crippen molar-refractivity contribution in [2.75, 3.05) is 5.32 Å². The lowest BCUT2D eigenvalue weighted by Crippen LogP contribution is -2.30. The van der Waals surface area contributed by atoms with E-state index in [9.17, 15) is 9.90 Å². The van der Waals surface area contributed by atoms with Crippen molar-refractivity contribution in [2.24, 2.45) is 0 Å². The van der Waals surface area contributed by atoms with E-state index in [0.717, 1.165) is 29.7 Å². The second-order valence-corrected chi connectivity index (χ2v) is 5.75. The second kappa shape index (κ2) is 8.50. The lowest BCUT2D eigenvalue weighted by molar-refractivity contribution is -0.122. The molecular formula is C20H25NO3. The summed E-state index contributed by atoms with van der Waals surface area (Å²) in [6, 6.07) is 13.3. The van der Waals surface area contributed by atoms with Crippen molar-refractivity contribution in [3.05, 3.63) is 59.2 Å². The van der Waals surface area contributed by atoms with E-state index in [0.29, 0.717) is 5.75 Å². The Hall–Kier alpha value is -2.33. The Morgan fingerprint density at radius 3 is 2.58 bits per heavy atom. The summed E-state index contributed by atoms with van der Waals surface area (Å²) in [5, 5.41) is 12.1. The van der Waals surface area contributed by atoms with Crippen LogP contribution in [0.15, 0.2) is 42.5 Å². The highest BCUT2D eigenvalue weighted by molar-refractivity contribution is 5.94. The molecule has 2 aromatic rings. The third-order valence-corrected chi connectivity index (χ3v) is 3.98. The highest BCUT2D eigenvalue weighted by Crippen LogP contribution is 2.20. The summed E-state index contributed by atoms with van der Waals surface area (Å²) in [5.74, 6) is 0.384. The number of carbonyl (C=O) groups excluding carboxylic acids is 1. The van der Waals surface area contributed by atoms with Crippen LogP contribution in [0.25, 0.3) is 0 Å². The minimum atomic E-state index is -0.631. The molecule has 2 N–H and O–H groups in total. The molecule has 0 aromatic heterocycles. The van der Waals surface area contributed by atoms with Gasteiger partial charge in [-0.3, -0.25) is 4.79 Å². The first-order valence-electron chi connectivity index (χ1n) is 8.36. The van der Waals surface area contributed by atoms with Gasteiger partial charge in [0.1, 0.15) is 5.75 Å². The van der Waals surface area contributed by atoms with Crippen molar-refractivity contribution in [3.8, 4) is 5.75 Å². The lowest BCUT2D eigenvalue weighted by Gasteiger charge is -2.17. The molecule has 4 nitrogen and oxygen atoms in total. The minimum Gasteiger partial charge on any atom is -0.481 e. The highest BCUT2D eigenvalue weighted by atomic mass is 16.5. The van der Waals surface area contributed by atoms with Crippen LogP contribution in [0.1, 0.15) is 37.5 Å². The minimum absolute atomic E-state index is 0.0541. The number of nitrogens with one attached hydrogen (secondary N) is 1. The Bertz CT molecular complexity index is 697. The van der Waals surface area contributed by atoms with Crippen LogP contribution in [0.2, 0.25) is 0 Å². The quantitative estimate of drug-likeness (QED) is 0.815. The number of aliphatic hydroxyl groups excluding tert-OH is 1. The van der Waals surface area contributed by atoms with Crippen LogP contribution in [-0.2, 0) is 24.2 Å². The summed E-state index contributed by atoms with van der Waals surface area (Å²) in [5.41, 5.74) is 3.90. The smallest absolute Gasteiger partial charge is 0.265 e. The first-order chi connectivity index (χ1) is 11.6. The normalized spacial score (nSPS) is 11.8. The van der Waals surface area contributed by atoms with Crippen molar-refractivity contribution in [1.82, 2.24) is 0 Å². The Labute approximate surface area is 143 Å². The molecule has 128 valence electrons. The molecule has 0 saturated heterocycles. The maximum absolute atomic E-state index is 12.5. The van der Waals surface area contributed by atoms with E-state index in [1.54, 1.807) is 31.2 Å². The van der Waals surface area contributed by atoms with E-state index in [2.05, 4.69) is 31.3 Å². The number of amides is 1. The number of ether oxygens (including phenoxy) is 1. The zero-order valence-corrected chi connectivity index (χ0v) is 14.5. The average Bonchev–Trinajstić information content (AvgIpc) is 2.61. The van der Waals surface area contributed by atoms with Gasteiger partial charge in [0.2, 0.25) is 0 Å². The van der Waals surface area contributed by atoms with Crippen LogP contribution in [-0.4, -0.2) is 17.1 Å². The molecule has 24 heavy (non-hydrogen) atoms. The molecule has 2 aromatic carbocycles. The van der Waals surface area contributed by atoms with Gasteiger partial charge >= 0.3 is 0 Å². The molecule has 0 aliphatic rings. The van der Waals surface area contributed by atoms with Gasteiger partial charge in [0, 0.05) is 5.69 Å². The number of benzene rings is 2. The van der Waals surface area contributed by atoms with Crippen LogP contribution in [0.5, 0.6) is 5.75 Å². The molecule has 0 heterocycles. The van der Waals surface area contributed by atoms with Gasteiger partial charge in [0.25, 0.3) is 5.91 Å². The van der Waals surface area contributed by atoms with Crippen LogP contribution >= 0.6 is 0 Å². The molecule has 0 spiro atoms. The van der Waals surface area contributed by atoms with Gasteiger partial charge in [-0.25, -0.2) is 0 Å². The van der Waals surface area contributed by atoms with Crippen LogP contribution < -0.4 is 10.1 Å². The molecule has 4 heteroatoms. The molecule has 0 bridgehead atoms. The molecular weight excluding hydrogens is 302 g/mol. The Morgan fingerprint density at radius 1 is 1.12 bits per heavy atom. The topological polar surface area (TPSA) is 58.6 Å². The van der Waals surface area contributed by atoms with E-state index in [-0.39, 0.29) is 12.5 Å². The second-order valence-electron chi connectivity index (χ2n) is 5.75. The Balaban J connectivity index is 2.08. The van der Waals surface area contributed by atoms with Crippen molar-refractivity contribution < 1.29 is 14.6 Å². The van der Waals surface area contributed by atoms with E-state index in [1.165, 1.54) is 5.56 Å². The van der Waals surface area contributed by atoms with Gasteiger partial charge in [0.15, 0.2) is 6.10 Å². The summed E-state index contributed by atoms with van der Waals surface area (Å²) in [6.07, 6.45) is 1.15. The monoisotopic (exact) mass is 327 g/mol. The van der Waals surface area contributed by atoms with Crippen molar-refractivity contribution >= 4 is 11.6 Å². The summed E-state index contributed by atoms with van der Waals surface area (Å²) in [7, 11) is 0. The van der Waals surface area contributed by atoms with Crippen molar-refractivity contribution in [1.29, 1.82) is 0 Å². The van der Waals surface area contributed by atoms with Gasteiger partial charge in [-0.05, 0) is 54.7 Å². The van der Waals surface area contributed by atoms with Crippen LogP contribution in [0.4, 0.5) is 5.69 Å². The summed E-state index contributed by atoms with van der Waals surface area (Å²) < 4.78 is 5.70. The Morgan fingerprint density at radius 2 is 1.92 bits per heavy atom. The van der Waals surface area contributed by atoms with Crippen molar-refractivity contribution in [2.45, 2.75) is 46.3 Å². The molecule has 0 saturated carbocycles. The largest absolute Gasteiger partial charge is 0.481 e. The number of aryl methyl sites for hydroxylation is 2. The Kier molecular flexibility index (Phi) is 6.38.